The molecule has 0 saturated carbocycles. The number of nitrogens with zero attached hydrogens (tertiary/aromatic N) is 1. The maximum Gasteiger partial charge on any atom is 0.101 e. The van der Waals surface area contributed by atoms with Crippen LogP contribution in [0.3, 0.4) is 0 Å². The van der Waals surface area contributed by atoms with Gasteiger partial charge in [-0.25, -0.2) is 0 Å². The summed E-state index contributed by atoms with van der Waals surface area (Å²) in [6.07, 6.45) is 1.08. The second-order valence-electron chi connectivity index (χ2n) is 4.18. The molecule has 3 heteroatoms. The van der Waals surface area contributed by atoms with Crippen LogP contribution < -0.4 is 5.32 Å². The second kappa shape index (κ2) is 5.70. The minimum absolute atomic E-state index is 0.710. The molecule has 92 valence electrons. The molecule has 0 atom stereocenters. The van der Waals surface area contributed by atoms with Gasteiger partial charge in [0.2, 0.25) is 0 Å². The Morgan fingerprint density at radius 1 is 1.22 bits per heavy atom. The Morgan fingerprint density at radius 2 is 2.00 bits per heavy atom. The highest BCUT2D eigenvalue weighted by atomic mass is 32.1. The Kier molecular flexibility index (Phi) is 4.01. The fraction of sp³-hybridized carbons (Fsp3) is 0.267. The zero-order valence-corrected chi connectivity index (χ0v) is 11.5. The van der Waals surface area contributed by atoms with Gasteiger partial charge in [-0.3, -0.25) is 0 Å². The number of thiophene rings is 1. The number of benzene rings is 1. The summed E-state index contributed by atoms with van der Waals surface area (Å²) in [5.41, 5.74) is 2.77. The molecule has 0 spiro atoms. The van der Waals surface area contributed by atoms with Crippen LogP contribution in [0.15, 0.2) is 30.3 Å². The maximum absolute atomic E-state index is 9.09. The molecule has 0 radical (unpaired) electrons. The molecule has 18 heavy (non-hydrogen) atoms. The van der Waals surface area contributed by atoms with Gasteiger partial charge in [0.05, 0.1) is 11.3 Å². The van der Waals surface area contributed by atoms with Gasteiger partial charge in [0, 0.05) is 16.3 Å². The molecule has 0 unspecified atom stereocenters. The highest BCUT2D eigenvalue weighted by molar-refractivity contribution is 7.12. The fourth-order valence-electron chi connectivity index (χ4n) is 1.88. The SMILES string of the molecule is CCc1ccc(CNc2c(C)cccc2C#N)s1. The largest absolute Gasteiger partial charge is 0.379 e. The Balaban J connectivity index is 2.13. The molecule has 0 bridgehead atoms. The van der Waals surface area contributed by atoms with E-state index >= 15 is 0 Å². The fourth-order valence-corrected chi connectivity index (χ4v) is 2.78. The van der Waals surface area contributed by atoms with Crippen molar-refractivity contribution in [2.24, 2.45) is 0 Å². The standard InChI is InChI=1S/C15H16N2S/c1-3-13-7-8-14(18-13)10-17-15-11(2)5-4-6-12(15)9-16/h4-8,17H,3,10H2,1-2H3. The van der Waals surface area contributed by atoms with Crippen molar-refractivity contribution in [1.82, 2.24) is 0 Å². The van der Waals surface area contributed by atoms with Crippen LogP contribution in [0.1, 0.15) is 27.8 Å². The van der Waals surface area contributed by atoms with E-state index in [0.29, 0.717) is 5.56 Å². The molecule has 0 aliphatic carbocycles. The average molecular weight is 256 g/mol. The third-order valence-electron chi connectivity index (χ3n) is 2.90. The normalized spacial score (nSPS) is 10.1. The van der Waals surface area contributed by atoms with Crippen LogP contribution in [0, 0.1) is 18.3 Å². The monoisotopic (exact) mass is 256 g/mol. The van der Waals surface area contributed by atoms with Crippen LogP contribution in [-0.4, -0.2) is 0 Å². The van der Waals surface area contributed by atoms with E-state index in [0.717, 1.165) is 24.2 Å². The highest BCUT2D eigenvalue weighted by Gasteiger charge is 2.05. The second-order valence-corrected chi connectivity index (χ2v) is 5.44. The summed E-state index contributed by atoms with van der Waals surface area (Å²) in [5, 5.41) is 12.5. The van der Waals surface area contributed by atoms with Crippen molar-refractivity contribution in [1.29, 1.82) is 5.26 Å². The molecule has 1 N–H and O–H groups in total. The lowest BCUT2D eigenvalue weighted by Crippen LogP contribution is -2.01. The molecule has 2 rings (SSSR count). The summed E-state index contributed by atoms with van der Waals surface area (Å²) in [7, 11) is 0. The molecule has 1 aromatic heterocycles. The van der Waals surface area contributed by atoms with Gasteiger partial charge in [0.1, 0.15) is 6.07 Å². The summed E-state index contributed by atoms with van der Waals surface area (Å²) in [6.45, 7) is 4.97. The number of anilines is 1. The molecular formula is C15H16N2S. The summed E-state index contributed by atoms with van der Waals surface area (Å²) in [4.78, 5) is 2.70. The molecule has 1 aromatic carbocycles. The van der Waals surface area contributed by atoms with E-state index < -0.39 is 0 Å². The van der Waals surface area contributed by atoms with Crippen LogP contribution in [-0.2, 0) is 13.0 Å². The van der Waals surface area contributed by atoms with Gasteiger partial charge < -0.3 is 5.32 Å². The molecule has 1 heterocycles. The van der Waals surface area contributed by atoms with Crippen molar-refractivity contribution in [2.75, 3.05) is 5.32 Å². The van der Waals surface area contributed by atoms with Gasteiger partial charge in [-0.2, -0.15) is 5.26 Å². The number of hydrogen-bond acceptors (Lipinski definition) is 3. The number of nitriles is 1. The Morgan fingerprint density at radius 3 is 2.67 bits per heavy atom. The van der Waals surface area contributed by atoms with Crippen molar-refractivity contribution in [3.05, 3.63) is 51.2 Å². The zero-order chi connectivity index (χ0) is 13.0. The van der Waals surface area contributed by atoms with E-state index in [2.05, 4.69) is 30.4 Å². The lowest BCUT2D eigenvalue weighted by Gasteiger charge is -2.10. The third kappa shape index (κ3) is 2.72. The quantitative estimate of drug-likeness (QED) is 0.893. The number of hydrogen-bond donors (Lipinski definition) is 1. The van der Waals surface area contributed by atoms with E-state index in [1.54, 1.807) is 0 Å². The Hall–Kier alpha value is -1.79. The molecule has 0 aliphatic heterocycles. The smallest absolute Gasteiger partial charge is 0.101 e. The third-order valence-corrected chi connectivity index (χ3v) is 4.13. The topological polar surface area (TPSA) is 35.8 Å². The molecule has 0 aliphatic rings. The lowest BCUT2D eigenvalue weighted by molar-refractivity contribution is 1.17. The van der Waals surface area contributed by atoms with Crippen LogP contribution in [0.2, 0.25) is 0 Å². The number of rotatable bonds is 4. The van der Waals surface area contributed by atoms with E-state index in [-0.39, 0.29) is 0 Å². The average Bonchev–Trinajstić information content (AvgIpc) is 2.85. The van der Waals surface area contributed by atoms with Crippen LogP contribution >= 0.6 is 11.3 Å². The van der Waals surface area contributed by atoms with Crippen LogP contribution in [0.4, 0.5) is 5.69 Å². The first-order valence-corrected chi connectivity index (χ1v) is 6.87. The summed E-state index contributed by atoms with van der Waals surface area (Å²) < 4.78 is 0. The summed E-state index contributed by atoms with van der Waals surface area (Å²) in [6, 6.07) is 12.3. The summed E-state index contributed by atoms with van der Waals surface area (Å²) in [5.74, 6) is 0. The minimum atomic E-state index is 0.710. The first-order chi connectivity index (χ1) is 8.74. The minimum Gasteiger partial charge on any atom is -0.379 e. The van der Waals surface area contributed by atoms with Crippen molar-refractivity contribution in [3.63, 3.8) is 0 Å². The summed E-state index contributed by atoms with van der Waals surface area (Å²) >= 11 is 1.83. The van der Waals surface area contributed by atoms with Crippen LogP contribution in [0.25, 0.3) is 0 Å². The molecule has 2 aromatic rings. The van der Waals surface area contributed by atoms with Gasteiger partial charge in [0.25, 0.3) is 0 Å². The lowest BCUT2D eigenvalue weighted by atomic mass is 10.1. The van der Waals surface area contributed by atoms with Crippen molar-refractivity contribution in [3.8, 4) is 6.07 Å². The number of nitrogens with one attached hydrogen (secondary N) is 1. The number of para-hydroxylation sites is 1. The van der Waals surface area contributed by atoms with Crippen molar-refractivity contribution in [2.45, 2.75) is 26.8 Å². The van der Waals surface area contributed by atoms with E-state index in [4.69, 9.17) is 5.26 Å². The van der Waals surface area contributed by atoms with E-state index in [1.165, 1.54) is 9.75 Å². The van der Waals surface area contributed by atoms with E-state index in [1.807, 2.05) is 36.5 Å². The first kappa shape index (κ1) is 12.7. The zero-order valence-electron chi connectivity index (χ0n) is 10.7. The van der Waals surface area contributed by atoms with Crippen molar-refractivity contribution < 1.29 is 0 Å². The van der Waals surface area contributed by atoms with Gasteiger partial charge in [-0.05, 0) is 37.1 Å². The molecule has 0 amide bonds. The highest BCUT2D eigenvalue weighted by Crippen LogP contribution is 2.22. The predicted octanol–water partition coefficient (Wildman–Crippen LogP) is 4.10. The first-order valence-electron chi connectivity index (χ1n) is 6.05. The molecular weight excluding hydrogens is 240 g/mol. The van der Waals surface area contributed by atoms with Gasteiger partial charge in [-0.15, -0.1) is 11.3 Å². The number of aryl methyl sites for hydroxylation is 2. The predicted molar refractivity (Wildman–Crippen MR) is 76.9 cm³/mol. The van der Waals surface area contributed by atoms with Crippen molar-refractivity contribution >= 4 is 17.0 Å². The Labute approximate surface area is 112 Å². The molecule has 2 nitrogen and oxygen atoms in total. The van der Waals surface area contributed by atoms with Crippen LogP contribution in [0.5, 0.6) is 0 Å². The van der Waals surface area contributed by atoms with Gasteiger partial charge in [-0.1, -0.05) is 19.1 Å². The molecule has 0 saturated heterocycles. The van der Waals surface area contributed by atoms with Gasteiger partial charge >= 0.3 is 0 Å². The Bertz CT molecular complexity index is 578. The van der Waals surface area contributed by atoms with Gasteiger partial charge in [0.15, 0.2) is 0 Å². The van der Waals surface area contributed by atoms with E-state index in [9.17, 15) is 0 Å². The maximum atomic E-state index is 9.09. The molecule has 0 fully saturated rings.